The maximum Gasteiger partial charge on any atom is 0.149 e. The third-order valence-corrected chi connectivity index (χ3v) is 3.74. The first kappa shape index (κ1) is 12.3. The van der Waals surface area contributed by atoms with E-state index in [1.165, 1.54) is 0 Å². The van der Waals surface area contributed by atoms with Gasteiger partial charge in [-0.1, -0.05) is 11.6 Å². The average Bonchev–Trinajstić information content (AvgIpc) is 2.43. The van der Waals surface area contributed by atoms with Gasteiger partial charge in [0.2, 0.25) is 0 Å². The molecular weight excluding hydrogens is 264 g/mol. The molecule has 0 saturated heterocycles. The smallest absolute Gasteiger partial charge is 0.149 e. The second-order valence-electron chi connectivity index (χ2n) is 4.62. The van der Waals surface area contributed by atoms with Gasteiger partial charge >= 0.3 is 0 Å². The fourth-order valence-corrected chi connectivity index (χ4v) is 2.74. The van der Waals surface area contributed by atoms with Crippen LogP contribution in [0.4, 0.5) is 0 Å². The highest BCUT2D eigenvalue weighted by Gasteiger charge is 2.25. The predicted molar refractivity (Wildman–Crippen MR) is 73.6 cm³/mol. The lowest BCUT2D eigenvalue weighted by molar-refractivity contribution is -0.105. The maximum absolute atomic E-state index is 11.1. The normalized spacial score (nSPS) is 17.1. The minimum Gasteiger partial charge on any atom is -0.495 e. The van der Waals surface area contributed by atoms with Gasteiger partial charge in [-0.05, 0) is 37.0 Å². The summed E-state index contributed by atoms with van der Waals surface area (Å²) in [6.07, 6.45) is 5.61. The van der Waals surface area contributed by atoms with Crippen molar-refractivity contribution < 1.29 is 14.3 Å². The molecule has 0 radical (unpaired) electrons. The van der Waals surface area contributed by atoms with E-state index in [-0.39, 0.29) is 0 Å². The van der Waals surface area contributed by atoms with Gasteiger partial charge in [0.15, 0.2) is 0 Å². The summed E-state index contributed by atoms with van der Waals surface area (Å²) in [5, 5.41) is 0.556. The highest BCUT2D eigenvalue weighted by Crippen LogP contribution is 2.42. The molecule has 0 fully saturated rings. The van der Waals surface area contributed by atoms with Gasteiger partial charge in [-0.25, -0.2) is 0 Å². The molecule has 98 valence electrons. The zero-order chi connectivity index (χ0) is 13.4. The topological polar surface area (TPSA) is 35.5 Å². The van der Waals surface area contributed by atoms with Crippen molar-refractivity contribution in [2.45, 2.75) is 19.3 Å². The lowest BCUT2D eigenvalue weighted by atomic mass is 9.91. The van der Waals surface area contributed by atoms with Crippen molar-refractivity contribution >= 4 is 24.0 Å². The number of aldehydes is 1. The van der Waals surface area contributed by atoms with Crippen molar-refractivity contribution in [3.05, 3.63) is 39.6 Å². The van der Waals surface area contributed by atoms with Crippen LogP contribution in [0.3, 0.4) is 0 Å². The molecule has 0 atom stereocenters. The van der Waals surface area contributed by atoms with Gasteiger partial charge in [-0.2, -0.15) is 0 Å². The van der Waals surface area contributed by atoms with Gasteiger partial charge in [0.25, 0.3) is 0 Å². The summed E-state index contributed by atoms with van der Waals surface area (Å²) < 4.78 is 11.1. The zero-order valence-corrected chi connectivity index (χ0v) is 11.3. The van der Waals surface area contributed by atoms with E-state index in [0.29, 0.717) is 22.3 Å². The maximum atomic E-state index is 11.1. The first-order chi connectivity index (χ1) is 9.22. The molecule has 0 aromatic heterocycles. The molecule has 4 heteroatoms. The van der Waals surface area contributed by atoms with E-state index in [1.54, 1.807) is 13.2 Å². The lowest BCUT2D eigenvalue weighted by Crippen LogP contribution is -2.13. The Morgan fingerprint density at radius 3 is 2.95 bits per heavy atom. The van der Waals surface area contributed by atoms with Crippen molar-refractivity contribution in [1.82, 2.24) is 0 Å². The second kappa shape index (κ2) is 4.74. The Hall–Kier alpha value is -1.74. The number of allylic oxidation sites excluding steroid dienone is 2. The van der Waals surface area contributed by atoms with Crippen molar-refractivity contribution in [3.63, 3.8) is 0 Å². The van der Waals surface area contributed by atoms with Crippen LogP contribution in [0.25, 0.3) is 6.08 Å². The van der Waals surface area contributed by atoms with Gasteiger partial charge in [0, 0.05) is 17.2 Å². The molecule has 3 rings (SSSR count). The van der Waals surface area contributed by atoms with E-state index >= 15 is 0 Å². The Morgan fingerprint density at radius 1 is 1.37 bits per heavy atom. The molecule has 0 N–H and O–H groups in total. The molecule has 1 aliphatic carbocycles. The molecular formula is C15H13ClO3. The number of fused-ring (bicyclic) bond motifs is 2. The molecule has 0 bridgehead atoms. The van der Waals surface area contributed by atoms with Crippen LogP contribution >= 0.6 is 11.6 Å². The van der Waals surface area contributed by atoms with Crippen molar-refractivity contribution in [2.75, 3.05) is 7.11 Å². The molecule has 1 aromatic carbocycles. The number of hydrogen-bond donors (Lipinski definition) is 0. The third-order valence-electron chi connectivity index (χ3n) is 3.44. The molecule has 0 spiro atoms. The van der Waals surface area contributed by atoms with Crippen LogP contribution in [0, 0.1) is 0 Å². The van der Waals surface area contributed by atoms with Gasteiger partial charge in [0.1, 0.15) is 23.5 Å². The number of halogens is 1. The Bertz CT molecular complexity index is 614. The number of benzene rings is 1. The first-order valence-electron chi connectivity index (χ1n) is 6.17. The van der Waals surface area contributed by atoms with E-state index in [2.05, 4.69) is 0 Å². The molecule has 19 heavy (non-hydrogen) atoms. The molecule has 0 amide bonds. The number of hydrogen-bond acceptors (Lipinski definition) is 3. The third kappa shape index (κ3) is 2.04. The fourth-order valence-electron chi connectivity index (χ4n) is 2.49. The molecule has 1 heterocycles. The van der Waals surface area contributed by atoms with Gasteiger partial charge in [0.05, 0.1) is 12.1 Å². The van der Waals surface area contributed by atoms with E-state index in [1.807, 2.05) is 12.1 Å². The van der Waals surface area contributed by atoms with Gasteiger partial charge < -0.3 is 9.47 Å². The quantitative estimate of drug-likeness (QED) is 0.772. The summed E-state index contributed by atoms with van der Waals surface area (Å²) in [4.78, 5) is 11.1. The summed E-state index contributed by atoms with van der Waals surface area (Å²) in [7, 11) is 1.56. The number of ether oxygens (including phenoxy) is 2. The summed E-state index contributed by atoms with van der Waals surface area (Å²) in [6.45, 7) is 0. The second-order valence-corrected chi connectivity index (χ2v) is 5.03. The minimum atomic E-state index is 0.556. The molecule has 0 saturated carbocycles. The number of carbonyl (C=O) groups is 1. The molecule has 3 nitrogen and oxygen atoms in total. The molecule has 1 aliphatic heterocycles. The minimum absolute atomic E-state index is 0.556. The number of methoxy groups -OCH3 is 1. The number of carbonyl (C=O) groups excluding carboxylic acids is 1. The van der Waals surface area contributed by atoms with E-state index in [9.17, 15) is 4.79 Å². The van der Waals surface area contributed by atoms with Crippen molar-refractivity contribution in [2.24, 2.45) is 0 Å². The van der Waals surface area contributed by atoms with Crippen LogP contribution < -0.4 is 9.47 Å². The predicted octanol–water partition coefficient (Wildman–Crippen LogP) is 3.76. The Labute approximate surface area is 116 Å². The summed E-state index contributed by atoms with van der Waals surface area (Å²) in [5.41, 5.74) is 2.73. The highest BCUT2D eigenvalue weighted by atomic mass is 35.5. The summed E-state index contributed by atoms with van der Waals surface area (Å²) in [5.74, 6) is 1.96. The standard InChI is InChI=1S/C15H13ClO3/c1-18-14-7-13-11(6-12(14)16)5-9-3-2-4-10(8-17)15(9)19-13/h5-8H,2-4H2,1H3. The Balaban J connectivity index is 2.14. The van der Waals surface area contributed by atoms with Crippen LogP contribution in [0.15, 0.2) is 29.0 Å². The zero-order valence-electron chi connectivity index (χ0n) is 10.5. The largest absolute Gasteiger partial charge is 0.495 e. The lowest BCUT2D eigenvalue weighted by Gasteiger charge is -2.26. The van der Waals surface area contributed by atoms with Crippen molar-refractivity contribution in [1.29, 1.82) is 0 Å². The molecule has 2 aliphatic rings. The summed E-state index contributed by atoms with van der Waals surface area (Å²) >= 11 is 6.11. The van der Waals surface area contributed by atoms with E-state index < -0.39 is 0 Å². The van der Waals surface area contributed by atoms with Gasteiger partial charge in [-0.3, -0.25) is 4.79 Å². The Morgan fingerprint density at radius 2 is 2.21 bits per heavy atom. The van der Waals surface area contributed by atoms with Crippen LogP contribution in [0.1, 0.15) is 24.8 Å². The monoisotopic (exact) mass is 276 g/mol. The number of rotatable bonds is 2. The average molecular weight is 277 g/mol. The first-order valence-corrected chi connectivity index (χ1v) is 6.55. The highest BCUT2D eigenvalue weighted by molar-refractivity contribution is 6.32. The van der Waals surface area contributed by atoms with Crippen LogP contribution in [0.5, 0.6) is 11.5 Å². The van der Waals surface area contributed by atoms with Crippen LogP contribution in [-0.4, -0.2) is 13.4 Å². The summed E-state index contributed by atoms with van der Waals surface area (Å²) in [6, 6.07) is 3.59. The van der Waals surface area contributed by atoms with Crippen molar-refractivity contribution in [3.8, 4) is 11.5 Å². The molecule has 1 aromatic rings. The van der Waals surface area contributed by atoms with Crippen LogP contribution in [-0.2, 0) is 4.79 Å². The van der Waals surface area contributed by atoms with E-state index in [0.717, 1.165) is 42.3 Å². The fraction of sp³-hybridized carbons (Fsp3) is 0.267. The SMILES string of the molecule is COc1cc2c(cc1Cl)C=C1CCCC(C=O)=C1O2. The van der Waals surface area contributed by atoms with Gasteiger partial charge in [-0.15, -0.1) is 0 Å². The van der Waals surface area contributed by atoms with E-state index in [4.69, 9.17) is 21.1 Å². The molecule has 0 unspecified atom stereocenters. The Kier molecular flexibility index (Phi) is 3.07. The van der Waals surface area contributed by atoms with Crippen LogP contribution in [0.2, 0.25) is 5.02 Å².